The maximum absolute atomic E-state index is 12.3. The Bertz CT molecular complexity index is 582. The van der Waals surface area contributed by atoms with E-state index in [4.69, 9.17) is 0 Å². The molecule has 2 aromatic rings. The van der Waals surface area contributed by atoms with Crippen molar-refractivity contribution in [3.8, 4) is 0 Å². The molecule has 1 aliphatic rings. The second kappa shape index (κ2) is 5.35. The van der Waals surface area contributed by atoms with Crippen LogP contribution in [0.2, 0.25) is 0 Å². The maximum atomic E-state index is 12.3. The van der Waals surface area contributed by atoms with Gasteiger partial charge < -0.3 is 0 Å². The number of anilines is 1. The highest BCUT2D eigenvalue weighted by molar-refractivity contribution is 7.99. The van der Waals surface area contributed by atoms with Crippen molar-refractivity contribution in [2.24, 2.45) is 0 Å². The van der Waals surface area contributed by atoms with Crippen LogP contribution in [0.5, 0.6) is 0 Å². The number of thioether (sulfide) groups is 1. The molecule has 98 valence electrons. The zero-order valence-corrected chi connectivity index (χ0v) is 12.2. The van der Waals surface area contributed by atoms with Crippen LogP contribution in [0, 0.1) is 6.92 Å². The average Bonchev–Trinajstić information content (AvgIpc) is 2.86. The van der Waals surface area contributed by atoms with E-state index in [1.165, 1.54) is 5.56 Å². The molecule has 0 bridgehead atoms. The van der Waals surface area contributed by atoms with Gasteiger partial charge in [0.1, 0.15) is 5.37 Å². The summed E-state index contributed by atoms with van der Waals surface area (Å²) in [6.07, 6.45) is 4.22. The average molecular weight is 290 g/mol. The van der Waals surface area contributed by atoms with Gasteiger partial charge in [-0.25, -0.2) is 0 Å². The van der Waals surface area contributed by atoms with Crippen LogP contribution < -0.4 is 4.90 Å². The predicted molar refractivity (Wildman–Crippen MR) is 80.6 cm³/mol. The summed E-state index contributed by atoms with van der Waals surface area (Å²) in [4.78, 5) is 18.4. The number of hydrogen-bond donors (Lipinski definition) is 0. The first-order valence-electron chi connectivity index (χ1n) is 6.14. The number of carbonyl (C=O) groups is 1. The van der Waals surface area contributed by atoms with Crippen LogP contribution in [0.15, 0.2) is 36.0 Å². The van der Waals surface area contributed by atoms with Gasteiger partial charge in [-0.3, -0.25) is 14.7 Å². The molecule has 3 heterocycles. The molecule has 1 saturated heterocycles. The van der Waals surface area contributed by atoms with Crippen molar-refractivity contribution >= 4 is 34.0 Å². The number of hydrogen-bond acceptors (Lipinski definition) is 4. The Morgan fingerprint density at radius 2 is 2.37 bits per heavy atom. The van der Waals surface area contributed by atoms with E-state index in [0.717, 1.165) is 16.3 Å². The zero-order chi connectivity index (χ0) is 13.2. The minimum atomic E-state index is 0.0491. The minimum absolute atomic E-state index is 0.0491. The molecule has 1 amide bonds. The molecule has 2 aromatic heterocycles. The smallest absolute Gasteiger partial charge is 0.229 e. The lowest BCUT2D eigenvalue weighted by Gasteiger charge is -2.34. The molecule has 3 rings (SSSR count). The molecule has 3 nitrogen and oxygen atoms in total. The van der Waals surface area contributed by atoms with E-state index in [-0.39, 0.29) is 11.3 Å². The fourth-order valence-electron chi connectivity index (χ4n) is 2.13. The molecule has 0 aliphatic carbocycles. The Hall–Kier alpha value is -1.33. The molecule has 0 spiro atoms. The third kappa shape index (κ3) is 2.53. The van der Waals surface area contributed by atoms with E-state index in [1.54, 1.807) is 29.3 Å². The molecule has 0 N–H and O–H groups in total. The second-order valence-corrected chi connectivity index (χ2v) is 6.56. The van der Waals surface area contributed by atoms with Gasteiger partial charge in [0, 0.05) is 30.1 Å². The molecule has 0 radical (unpaired) electrons. The molecule has 0 saturated carbocycles. The highest BCUT2D eigenvalue weighted by Crippen LogP contribution is 2.42. The first-order valence-corrected chi connectivity index (χ1v) is 8.07. The van der Waals surface area contributed by atoms with Crippen molar-refractivity contribution in [3.63, 3.8) is 0 Å². The Labute approximate surface area is 120 Å². The lowest BCUT2D eigenvalue weighted by atomic mass is 10.2. The predicted octanol–water partition coefficient (Wildman–Crippen LogP) is 3.62. The number of nitrogens with zero attached hydrogens (tertiary/aromatic N) is 2. The molecule has 1 unspecified atom stereocenters. The molecular weight excluding hydrogens is 276 g/mol. The van der Waals surface area contributed by atoms with Gasteiger partial charge in [0.25, 0.3) is 0 Å². The van der Waals surface area contributed by atoms with Gasteiger partial charge in [-0.05, 0) is 30.0 Å². The largest absolute Gasteiger partial charge is 0.287 e. The molecule has 19 heavy (non-hydrogen) atoms. The fraction of sp³-hybridized carbons (Fsp3) is 0.286. The van der Waals surface area contributed by atoms with Crippen LogP contribution in [0.25, 0.3) is 0 Å². The lowest BCUT2D eigenvalue weighted by molar-refractivity contribution is -0.118. The topological polar surface area (TPSA) is 33.2 Å². The minimum Gasteiger partial charge on any atom is -0.287 e. The number of thiophene rings is 1. The highest BCUT2D eigenvalue weighted by Gasteiger charge is 2.31. The van der Waals surface area contributed by atoms with Crippen molar-refractivity contribution in [3.05, 3.63) is 47.1 Å². The monoisotopic (exact) mass is 290 g/mol. The van der Waals surface area contributed by atoms with Crippen molar-refractivity contribution < 1.29 is 4.79 Å². The van der Waals surface area contributed by atoms with E-state index in [0.29, 0.717) is 6.42 Å². The fourth-order valence-corrected chi connectivity index (χ4v) is 4.38. The molecule has 5 heteroatoms. The first kappa shape index (κ1) is 12.7. The van der Waals surface area contributed by atoms with Crippen LogP contribution in [-0.2, 0) is 4.79 Å². The van der Waals surface area contributed by atoms with Crippen LogP contribution >= 0.6 is 23.1 Å². The van der Waals surface area contributed by atoms with E-state index >= 15 is 0 Å². The number of rotatable bonds is 2. The van der Waals surface area contributed by atoms with Crippen molar-refractivity contribution in [2.75, 3.05) is 10.7 Å². The molecule has 1 atom stereocenters. The summed E-state index contributed by atoms with van der Waals surface area (Å²) in [5.74, 6) is 1.08. The second-order valence-electron chi connectivity index (χ2n) is 4.49. The lowest BCUT2D eigenvalue weighted by Crippen LogP contribution is -2.36. The summed E-state index contributed by atoms with van der Waals surface area (Å²) in [6.45, 7) is 2.06. The van der Waals surface area contributed by atoms with Gasteiger partial charge >= 0.3 is 0 Å². The standard InChI is InChI=1S/C14H14N2OS2/c1-10-7-13(19-9-10)16-12(17)4-6-18-14(16)11-3-2-5-15-8-11/h2-3,5,7-9,14H,4,6H2,1H3. The van der Waals surface area contributed by atoms with Gasteiger partial charge in [-0.1, -0.05) is 6.07 Å². The van der Waals surface area contributed by atoms with Crippen LogP contribution in [0.1, 0.15) is 22.9 Å². The molecule has 0 aromatic carbocycles. The number of carbonyl (C=O) groups excluding carboxylic acids is 1. The Morgan fingerprint density at radius 3 is 3.05 bits per heavy atom. The van der Waals surface area contributed by atoms with Gasteiger partial charge in [-0.15, -0.1) is 23.1 Å². The molecule has 1 fully saturated rings. The van der Waals surface area contributed by atoms with E-state index in [1.807, 2.05) is 23.2 Å². The third-order valence-corrected chi connectivity index (χ3v) is 5.30. The normalized spacial score (nSPS) is 19.7. The van der Waals surface area contributed by atoms with Crippen LogP contribution in [0.4, 0.5) is 5.00 Å². The SMILES string of the molecule is Cc1csc(N2C(=O)CCSC2c2cccnc2)c1. The molecular formula is C14H14N2OS2. The van der Waals surface area contributed by atoms with Gasteiger partial charge in [-0.2, -0.15) is 0 Å². The van der Waals surface area contributed by atoms with E-state index in [2.05, 4.69) is 23.4 Å². The maximum Gasteiger partial charge on any atom is 0.229 e. The van der Waals surface area contributed by atoms with E-state index < -0.39 is 0 Å². The Morgan fingerprint density at radius 1 is 1.47 bits per heavy atom. The highest BCUT2D eigenvalue weighted by atomic mass is 32.2. The number of aromatic nitrogens is 1. The quantitative estimate of drug-likeness (QED) is 0.847. The van der Waals surface area contributed by atoms with Crippen molar-refractivity contribution in [1.29, 1.82) is 0 Å². The van der Waals surface area contributed by atoms with Crippen molar-refractivity contribution in [1.82, 2.24) is 4.98 Å². The zero-order valence-electron chi connectivity index (χ0n) is 10.6. The van der Waals surface area contributed by atoms with Crippen LogP contribution in [0.3, 0.4) is 0 Å². The first-order chi connectivity index (χ1) is 9.25. The Balaban J connectivity index is 1.99. The summed E-state index contributed by atoms with van der Waals surface area (Å²) in [7, 11) is 0. The summed E-state index contributed by atoms with van der Waals surface area (Å²) >= 11 is 3.43. The van der Waals surface area contributed by atoms with Crippen LogP contribution in [-0.4, -0.2) is 16.6 Å². The van der Waals surface area contributed by atoms with Gasteiger partial charge in [0.2, 0.25) is 5.91 Å². The summed E-state index contributed by atoms with van der Waals surface area (Å²) < 4.78 is 0. The van der Waals surface area contributed by atoms with Gasteiger partial charge in [0.15, 0.2) is 0 Å². The Kier molecular flexibility index (Phi) is 3.57. The number of amides is 1. The van der Waals surface area contributed by atoms with Crippen molar-refractivity contribution in [2.45, 2.75) is 18.7 Å². The summed E-state index contributed by atoms with van der Waals surface area (Å²) in [6, 6.07) is 6.04. The van der Waals surface area contributed by atoms with Gasteiger partial charge in [0.05, 0.1) is 5.00 Å². The summed E-state index contributed by atoms with van der Waals surface area (Å²) in [5, 5.41) is 3.17. The summed E-state index contributed by atoms with van der Waals surface area (Å²) in [5.41, 5.74) is 2.29. The number of pyridine rings is 1. The number of aryl methyl sites for hydroxylation is 1. The van der Waals surface area contributed by atoms with E-state index in [9.17, 15) is 4.79 Å². The third-order valence-electron chi connectivity index (χ3n) is 3.02. The molecule has 1 aliphatic heterocycles.